The Morgan fingerprint density at radius 1 is 1.04 bits per heavy atom. The number of carbonyl (C=O) groups is 1. The van der Waals surface area contributed by atoms with Crippen LogP contribution in [0.2, 0.25) is 0 Å². The van der Waals surface area contributed by atoms with Gasteiger partial charge < -0.3 is 10.1 Å². The van der Waals surface area contributed by atoms with Crippen LogP contribution in [0.4, 0.5) is 5.69 Å². The lowest BCUT2D eigenvalue weighted by molar-refractivity contribution is -0.122. The van der Waals surface area contributed by atoms with Gasteiger partial charge in [-0.3, -0.25) is 4.79 Å². The number of aromatic nitrogens is 2. The zero-order valence-electron chi connectivity index (χ0n) is 15.5. The topological polar surface area (TPSA) is 56.1 Å². The molecule has 0 fully saturated rings. The van der Waals surface area contributed by atoms with E-state index in [9.17, 15) is 4.79 Å². The molecule has 3 aromatic rings. The highest BCUT2D eigenvalue weighted by Crippen LogP contribution is 2.23. The summed E-state index contributed by atoms with van der Waals surface area (Å²) in [6.45, 7) is 7.57. The summed E-state index contributed by atoms with van der Waals surface area (Å²) in [7, 11) is 0. The SMILES string of the molecule is Cc1ccc(OC(C)C(=O)Nc2c(C)nn(-c3ccccc3)c2C)cc1. The van der Waals surface area contributed by atoms with E-state index in [1.807, 2.05) is 80.1 Å². The van der Waals surface area contributed by atoms with Crippen LogP contribution in [-0.4, -0.2) is 21.8 Å². The number of benzene rings is 2. The lowest BCUT2D eigenvalue weighted by atomic mass is 10.2. The number of nitrogens with zero attached hydrogens (tertiary/aromatic N) is 2. The smallest absolute Gasteiger partial charge is 0.265 e. The first-order chi connectivity index (χ1) is 12.5. The quantitative estimate of drug-likeness (QED) is 0.751. The maximum atomic E-state index is 12.6. The third-order valence-electron chi connectivity index (χ3n) is 4.24. The summed E-state index contributed by atoms with van der Waals surface area (Å²) in [6.07, 6.45) is -0.614. The molecular weight excluding hydrogens is 326 g/mol. The van der Waals surface area contributed by atoms with Crippen molar-refractivity contribution in [1.82, 2.24) is 9.78 Å². The molecular formula is C21H23N3O2. The van der Waals surface area contributed by atoms with Crippen LogP contribution >= 0.6 is 0 Å². The molecule has 0 radical (unpaired) electrons. The molecule has 1 unspecified atom stereocenters. The van der Waals surface area contributed by atoms with Gasteiger partial charge in [-0.2, -0.15) is 5.10 Å². The predicted octanol–water partition coefficient (Wildman–Crippen LogP) is 4.20. The lowest BCUT2D eigenvalue weighted by Gasteiger charge is -2.15. The van der Waals surface area contributed by atoms with E-state index in [4.69, 9.17) is 4.74 Å². The molecule has 1 atom stereocenters. The number of aryl methyl sites for hydroxylation is 2. The number of hydrogen-bond acceptors (Lipinski definition) is 3. The van der Waals surface area contributed by atoms with Gasteiger partial charge in [-0.05, 0) is 52.0 Å². The summed E-state index contributed by atoms with van der Waals surface area (Å²) in [6, 6.07) is 17.5. The maximum Gasteiger partial charge on any atom is 0.265 e. The number of ether oxygens (including phenoxy) is 1. The second-order valence-corrected chi connectivity index (χ2v) is 6.36. The van der Waals surface area contributed by atoms with Crippen molar-refractivity contribution in [2.24, 2.45) is 0 Å². The highest BCUT2D eigenvalue weighted by molar-refractivity contribution is 5.95. The molecule has 0 aliphatic carbocycles. The Morgan fingerprint density at radius 2 is 1.69 bits per heavy atom. The molecule has 0 bridgehead atoms. The molecule has 0 aliphatic rings. The van der Waals surface area contributed by atoms with E-state index >= 15 is 0 Å². The summed E-state index contributed by atoms with van der Waals surface area (Å²) in [5.74, 6) is 0.469. The normalized spacial score (nSPS) is 11.8. The minimum atomic E-state index is -0.614. The Hall–Kier alpha value is -3.08. The van der Waals surface area contributed by atoms with Gasteiger partial charge in [0.05, 0.1) is 22.8 Å². The van der Waals surface area contributed by atoms with Crippen LogP contribution in [0.15, 0.2) is 54.6 Å². The van der Waals surface area contributed by atoms with E-state index in [-0.39, 0.29) is 5.91 Å². The molecule has 0 saturated carbocycles. The third kappa shape index (κ3) is 3.77. The molecule has 3 rings (SSSR count). The van der Waals surface area contributed by atoms with Crippen molar-refractivity contribution in [3.8, 4) is 11.4 Å². The first kappa shape index (κ1) is 17.7. The zero-order chi connectivity index (χ0) is 18.7. The Labute approximate surface area is 153 Å². The molecule has 0 spiro atoms. The fourth-order valence-corrected chi connectivity index (χ4v) is 2.74. The van der Waals surface area contributed by atoms with E-state index in [0.717, 1.165) is 28.3 Å². The monoisotopic (exact) mass is 349 g/mol. The van der Waals surface area contributed by atoms with Gasteiger partial charge in [-0.15, -0.1) is 0 Å². The molecule has 1 amide bonds. The second kappa shape index (κ2) is 7.44. The van der Waals surface area contributed by atoms with E-state index in [0.29, 0.717) is 5.75 Å². The second-order valence-electron chi connectivity index (χ2n) is 6.36. The zero-order valence-corrected chi connectivity index (χ0v) is 15.5. The number of amides is 1. The minimum Gasteiger partial charge on any atom is -0.481 e. The largest absolute Gasteiger partial charge is 0.481 e. The molecule has 134 valence electrons. The molecule has 2 aromatic carbocycles. The van der Waals surface area contributed by atoms with Crippen LogP contribution in [0.25, 0.3) is 5.69 Å². The highest BCUT2D eigenvalue weighted by atomic mass is 16.5. The van der Waals surface area contributed by atoms with Gasteiger partial charge in [-0.25, -0.2) is 4.68 Å². The van der Waals surface area contributed by atoms with E-state index in [2.05, 4.69) is 10.4 Å². The summed E-state index contributed by atoms with van der Waals surface area (Å²) >= 11 is 0. The van der Waals surface area contributed by atoms with Crippen LogP contribution in [0, 0.1) is 20.8 Å². The summed E-state index contributed by atoms with van der Waals surface area (Å²) < 4.78 is 7.57. The summed E-state index contributed by atoms with van der Waals surface area (Å²) in [5, 5.41) is 7.50. The third-order valence-corrected chi connectivity index (χ3v) is 4.24. The van der Waals surface area contributed by atoms with Gasteiger partial charge in [0.15, 0.2) is 6.10 Å². The lowest BCUT2D eigenvalue weighted by Crippen LogP contribution is -2.30. The summed E-state index contributed by atoms with van der Waals surface area (Å²) in [5.41, 5.74) is 4.47. The molecule has 1 aromatic heterocycles. The fraction of sp³-hybridized carbons (Fsp3) is 0.238. The van der Waals surface area contributed by atoms with Crippen molar-refractivity contribution in [1.29, 1.82) is 0 Å². The molecule has 0 saturated heterocycles. The van der Waals surface area contributed by atoms with Crippen LogP contribution < -0.4 is 10.1 Å². The fourth-order valence-electron chi connectivity index (χ4n) is 2.74. The number of carbonyl (C=O) groups excluding carboxylic acids is 1. The van der Waals surface area contributed by atoms with Crippen molar-refractivity contribution >= 4 is 11.6 Å². The van der Waals surface area contributed by atoms with Crippen molar-refractivity contribution in [3.63, 3.8) is 0 Å². The molecule has 1 N–H and O–H groups in total. The van der Waals surface area contributed by atoms with Crippen molar-refractivity contribution in [3.05, 3.63) is 71.5 Å². The Bertz CT molecular complexity index is 899. The Morgan fingerprint density at radius 3 is 2.35 bits per heavy atom. The van der Waals surface area contributed by atoms with Gasteiger partial charge in [0.1, 0.15) is 5.75 Å². The average molecular weight is 349 g/mol. The van der Waals surface area contributed by atoms with Crippen molar-refractivity contribution < 1.29 is 9.53 Å². The van der Waals surface area contributed by atoms with Gasteiger partial charge in [-0.1, -0.05) is 35.9 Å². The molecule has 0 aliphatic heterocycles. The van der Waals surface area contributed by atoms with E-state index in [1.54, 1.807) is 6.92 Å². The van der Waals surface area contributed by atoms with Gasteiger partial charge >= 0.3 is 0 Å². The number of hydrogen-bond donors (Lipinski definition) is 1. The van der Waals surface area contributed by atoms with Crippen LogP contribution in [0.3, 0.4) is 0 Å². The number of anilines is 1. The minimum absolute atomic E-state index is 0.204. The molecule has 1 heterocycles. The molecule has 26 heavy (non-hydrogen) atoms. The van der Waals surface area contributed by atoms with Crippen LogP contribution in [0.5, 0.6) is 5.75 Å². The molecule has 5 heteroatoms. The standard InChI is InChI=1S/C21H23N3O2/c1-14-10-12-19(13-11-14)26-17(4)21(25)22-20-15(2)23-24(16(20)3)18-8-6-5-7-9-18/h5-13,17H,1-4H3,(H,22,25). The number of nitrogens with one attached hydrogen (secondary N) is 1. The maximum absolute atomic E-state index is 12.6. The van der Waals surface area contributed by atoms with Gasteiger partial charge in [0, 0.05) is 0 Å². The predicted molar refractivity (Wildman–Crippen MR) is 103 cm³/mol. The van der Waals surface area contributed by atoms with Crippen LogP contribution in [0.1, 0.15) is 23.9 Å². The highest BCUT2D eigenvalue weighted by Gasteiger charge is 2.20. The van der Waals surface area contributed by atoms with Gasteiger partial charge in [0.2, 0.25) is 0 Å². The van der Waals surface area contributed by atoms with Crippen molar-refractivity contribution in [2.45, 2.75) is 33.8 Å². The van der Waals surface area contributed by atoms with E-state index < -0.39 is 6.10 Å². The summed E-state index contributed by atoms with van der Waals surface area (Å²) in [4.78, 5) is 12.6. The van der Waals surface area contributed by atoms with Crippen LogP contribution in [-0.2, 0) is 4.79 Å². The Balaban J connectivity index is 1.75. The average Bonchev–Trinajstić information content (AvgIpc) is 2.92. The number of para-hydroxylation sites is 1. The van der Waals surface area contributed by atoms with E-state index in [1.165, 1.54) is 0 Å². The van der Waals surface area contributed by atoms with Crippen molar-refractivity contribution in [2.75, 3.05) is 5.32 Å². The first-order valence-electron chi connectivity index (χ1n) is 8.61. The Kier molecular flexibility index (Phi) is 5.07. The molecule has 5 nitrogen and oxygen atoms in total. The number of rotatable bonds is 5. The van der Waals surface area contributed by atoms with Gasteiger partial charge in [0.25, 0.3) is 5.91 Å². The first-order valence-corrected chi connectivity index (χ1v) is 8.61.